The van der Waals surface area contributed by atoms with E-state index in [0.29, 0.717) is 57.3 Å². The van der Waals surface area contributed by atoms with Crippen LogP contribution in [0.5, 0.6) is 0 Å². The predicted molar refractivity (Wildman–Crippen MR) is 164 cm³/mol. The molecule has 1 aromatic heterocycles. The second kappa shape index (κ2) is 13.6. The number of alkyl carbamates (subject to hydrolysis) is 1. The second-order valence-electron chi connectivity index (χ2n) is 12.6. The third-order valence-corrected chi connectivity index (χ3v) is 8.21. The maximum Gasteiger partial charge on any atom is 0.407 e. The van der Waals surface area contributed by atoms with Crippen molar-refractivity contribution in [3.8, 4) is 0 Å². The topological polar surface area (TPSA) is 111 Å². The van der Waals surface area contributed by atoms with E-state index >= 15 is 0 Å². The number of piperazine rings is 1. The van der Waals surface area contributed by atoms with Crippen LogP contribution >= 0.6 is 11.6 Å². The molecule has 10 nitrogen and oxygen atoms in total. The Balaban J connectivity index is 1.45. The molecule has 1 aliphatic carbocycles. The van der Waals surface area contributed by atoms with Crippen LogP contribution in [-0.4, -0.2) is 94.3 Å². The van der Waals surface area contributed by atoms with Gasteiger partial charge in [0.05, 0.1) is 17.7 Å². The molecule has 4 rings (SSSR count). The van der Waals surface area contributed by atoms with Gasteiger partial charge in [-0.1, -0.05) is 30.7 Å². The highest BCUT2D eigenvalue weighted by molar-refractivity contribution is 6.30. The molecular weight excluding hydrogens is 556 g/mol. The second-order valence-corrected chi connectivity index (χ2v) is 13.0. The monoisotopic (exact) mass is 600 g/mol. The molecule has 2 aliphatic rings. The number of aliphatic hydroxyl groups is 1. The summed E-state index contributed by atoms with van der Waals surface area (Å²) in [7, 11) is 0. The van der Waals surface area contributed by atoms with Gasteiger partial charge >= 0.3 is 6.09 Å². The quantitative estimate of drug-likeness (QED) is 0.437. The molecule has 0 saturated carbocycles. The first kappa shape index (κ1) is 32.0. The van der Waals surface area contributed by atoms with Gasteiger partial charge < -0.3 is 25.0 Å². The fourth-order valence-corrected chi connectivity index (χ4v) is 5.87. The predicted octanol–water partition coefficient (Wildman–Crippen LogP) is 4.34. The van der Waals surface area contributed by atoms with E-state index in [9.17, 15) is 14.7 Å². The number of amides is 2. The summed E-state index contributed by atoms with van der Waals surface area (Å²) in [5.74, 6) is 0.733. The molecule has 0 unspecified atom stereocenters. The van der Waals surface area contributed by atoms with Crippen LogP contribution in [-0.2, 0) is 9.53 Å². The summed E-state index contributed by atoms with van der Waals surface area (Å²) in [5, 5.41) is 13.9. The van der Waals surface area contributed by atoms with Crippen molar-refractivity contribution in [2.75, 3.05) is 50.7 Å². The van der Waals surface area contributed by atoms with E-state index in [1.807, 2.05) is 49.9 Å². The number of nitrogens with zero attached hydrogens (tertiary/aromatic N) is 5. The molecule has 2 amide bonds. The molecule has 0 bridgehead atoms. The molecule has 0 radical (unpaired) electrons. The van der Waals surface area contributed by atoms with Crippen molar-refractivity contribution in [3.05, 3.63) is 52.4 Å². The Morgan fingerprint density at radius 2 is 1.81 bits per heavy atom. The van der Waals surface area contributed by atoms with E-state index in [2.05, 4.69) is 45.9 Å². The molecule has 1 fully saturated rings. The molecule has 2 N–H and O–H groups in total. The lowest BCUT2D eigenvalue weighted by atomic mass is 9.95. The van der Waals surface area contributed by atoms with Crippen LogP contribution in [0.3, 0.4) is 0 Å². The summed E-state index contributed by atoms with van der Waals surface area (Å²) < 4.78 is 5.37. The number of aliphatic hydroxyl groups excluding tert-OH is 1. The van der Waals surface area contributed by atoms with Gasteiger partial charge in [0.25, 0.3) is 0 Å². The van der Waals surface area contributed by atoms with Gasteiger partial charge in [-0.25, -0.2) is 14.8 Å². The van der Waals surface area contributed by atoms with Crippen LogP contribution in [0, 0.1) is 0 Å². The first-order valence-corrected chi connectivity index (χ1v) is 15.2. The smallest absolute Gasteiger partial charge is 0.407 e. The van der Waals surface area contributed by atoms with Gasteiger partial charge in [0.2, 0.25) is 5.91 Å². The van der Waals surface area contributed by atoms with Crippen LogP contribution in [0.25, 0.3) is 0 Å². The number of benzene rings is 1. The zero-order chi connectivity index (χ0) is 30.6. The Morgan fingerprint density at radius 1 is 1.14 bits per heavy atom. The summed E-state index contributed by atoms with van der Waals surface area (Å²) in [6.07, 6.45) is 1.18. The highest BCUT2D eigenvalue weighted by atomic mass is 35.5. The van der Waals surface area contributed by atoms with Gasteiger partial charge in [0.1, 0.15) is 17.7 Å². The number of ether oxygens (including phenoxy) is 1. The number of hydrogen-bond donors (Lipinski definition) is 2. The van der Waals surface area contributed by atoms with E-state index in [1.165, 1.54) is 6.33 Å². The highest BCUT2D eigenvalue weighted by Crippen LogP contribution is 2.42. The summed E-state index contributed by atoms with van der Waals surface area (Å²) in [6, 6.07) is 7.65. The highest BCUT2D eigenvalue weighted by Gasteiger charge is 2.35. The fourth-order valence-electron chi connectivity index (χ4n) is 5.74. The Labute approximate surface area is 254 Å². The molecule has 2 heterocycles. The number of rotatable bonds is 9. The van der Waals surface area contributed by atoms with Gasteiger partial charge in [-0.15, -0.1) is 0 Å². The van der Waals surface area contributed by atoms with E-state index in [-0.39, 0.29) is 17.9 Å². The van der Waals surface area contributed by atoms with Crippen molar-refractivity contribution in [1.29, 1.82) is 0 Å². The maximum absolute atomic E-state index is 14.1. The molecule has 2 aromatic rings. The van der Waals surface area contributed by atoms with Crippen molar-refractivity contribution >= 4 is 29.4 Å². The standard InChI is InChI=1S/C31H45ClN6O4/c1-20(2)38(12-11-33-30(41)42-31(4,5)6)18-24(22-7-9-23(32)10-8-22)29(40)37-15-13-36(14-16-37)28-26-21(3)17-25(39)27(26)34-19-35-28/h7-10,19-21,24-25,39H,11-18H2,1-6H3,(H,33,41)/t21-,24-,25-/m1/s1. The summed E-state index contributed by atoms with van der Waals surface area (Å²) in [5.41, 5.74) is 2.10. The van der Waals surface area contributed by atoms with Crippen LogP contribution in [0.2, 0.25) is 5.02 Å². The first-order valence-electron chi connectivity index (χ1n) is 14.9. The van der Waals surface area contributed by atoms with Gasteiger partial charge in [-0.3, -0.25) is 9.69 Å². The number of carbonyl (C=O) groups is 2. The van der Waals surface area contributed by atoms with E-state index in [4.69, 9.17) is 16.3 Å². The number of anilines is 1. The number of nitrogens with one attached hydrogen (secondary N) is 1. The Hall–Kier alpha value is -2.95. The third kappa shape index (κ3) is 7.90. The lowest BCUT2D eigenvalue weighted by Gasteiger charge is -2.39. The van der Waals surface area contributed by atoms with Gasteiger partial charge in [0.15, 0.2) is 0 Å². The van der Waals surface area contributed by atoms with Crippen LogP contribution in [0.15, 0.2) is 30.6 Å². The zero-order valence-electron chi connectivity index (χ0n) is 25.6. The van der Waals surface area contributed by atoms with Crippen molar-refractivity contribution in [1.82, 2.24) is 25.1 Å². The molecule has 1 aromatic carbocycles. The average Bonchev–Trinajstić information content (AvgIpc) is 3.23. The SMILES string of the molecule is CC(C)N(CCNC(=O)OC(C)(C)C)C[C@@H](C(=O)N1CCN(c2ncnc3c2[C@H](C)C[C@H]3O)CC1)c1ccc(Cl)cc1. The Bertz CT molecular complexity index is 1230. The minimum absolute atomic E-state index is 0.0689. The number of aromatic nitrogens is 2. The summed E-state index contributed by atoms with van der Waals surface area (Å²) in [4.78, 5) is 41.6. The molecule has 1 aliphatic heterocycles. The van der Waals surface area contributed by atoms with Crippen LogP contribution < -0.4 is 10.2 Å². The van der Waals surface area contributed by atoms with Crippen molar-refractivity contribution in [2.24, 2.45) is 0 Å². The van der Waals surface area contributed by atoms with E-state index < -0.39 is 23.7 Å². The molecule has 42 heavy (non-hydrogen) atoms. The third-order valence-electron chi connectivity index (χ3n) is 7.95. The summed E-state index contributed by atoms with van der Waals surface area (Å²) in [6.45, 7) is 15.7. The van der Waals surface area contributed by atoms with E-state index in [0.717, 1.165) is 22.6 Å². The maximum atomic E-state index is 14.1. The molecule has 3 atom stereocenters. The lowest BCUT2D eigenvalue weighted by molar-refractivity contribution is -0.133. The average molecular weight is 601 g/mol. The Kier molecular flexibility index (Phi) is 10.3. The fraction of sp³-hybridized carbons (Fsp3) is 0.613. The molecule has 0 spiro atoms. The van der Waals surface area contributed by atoms with Crippen molar-refractivity contribution in [2.45, 2.75) is 77.5 Å². The van der Waals surface area contributed by atoms with Gasteiger partial charge in [0, 0.05) is 62.4 Å². The molecule has 11 heteroatoms. The summed E-state index contributed by atoms with van der Waals surface area (Å²) >= 11 is 6.19. The van der Waals surface area contributed by atoms with Gasteiger partial charge in [-0.2, -0.15) is 0 Å². The number of carbonyl (C=O) groups excluding carboxylic acids is 2. The molecule has 230 valence electrons. The molecular formula is C31H45ClN6O4. The van der Waals surface area contributed by atoms with Crippen molar-refractivity contribution in [3.63, 3.8) is 0 Å². The van der Waals surface area contributed by atoms with Crippen molar-refractivity contribution < 1.29 is 19.4 Å². The zero-order valence-corrected chi connectivity index (χ0v) is 26.4. The minimum atomic E-state index is -0.565. The lowest BCUT2D eigenvalue weighted by Crippen LogP contribution is -2.52. The van der Waals surface area contributed by atoms with Crippen LogP contribution in [0.1, 0.15) is 82.7 Å². The normalized spacial score (nSPS) is 19.7. The minimum Gasteiger partial charge on any atom is -0.444 e. The first-order chi connectivity index (χ1) is 19.8. The van der Waals surface area contributed by atoms with E-state index in [1.54, 1.807) is 0 Å². The van der Waals surface area contributed by atoms with Gasteiger partial charge in [-0.05, 0) is 64.7 Å². The molecule has 1 saturated heterocycles. The number of fused-ring (bicyclic) bond motifs is 1. The number of hydrogen-bond acceptors (Lipinski definition) is 8. The Morgan fingerprint density at radius 3 is 2.43 bits per heavy atom. The van der Waals surface area contributed by atoms with Crippen LogP contribution in [0.4, 0.5) is 10.6 Å². The number of halogens is 1. The largest absolute Gasteiger partial charge is 0.444 e.